The largest absolute Gasteiger partial charge is 0.347 e. The Labute approximate surface area is 168 Å². The summed E-state index contributed by atoms with van der Waals surface area (Å²) in [5.41, 5.74) is 1.70. The van der Waals surface area contributed by atoms with E-state index in [4.69, 9.17) is 4.52 Å². The molecule has 140 valence electrons. The molecule has 2 aromatic heterocycles. The molecule has 0 aliphatic rings. The van der Waals surface area contributed by atoms with Crippen molar-refractivity contribution in [2.75, 3.05) is 0 Å². The second-order valence-electron chi connectivity index (χ2n) is 5.93. The smallest absolute Gasteiger partial charge is 0.258 e. The lowest BCUT2D eigenvalue weighted by Gasteiger charge is -2.02. The number of aromatic nitrogens is 5. The number of nitrogens with one attached hydrogen (secondary N) is 1. The molecule has 2 heterocycles. The van der Waals surface area contributed by atoms with Crippen LogP contribution in [0.4, 0.5) is 0 Å². The first-order valence-electron chi connectivity index (χ1n) is 8.47. The standard InChI is InChI=1S/C19H15BrN6O2/c20-15-8-4-7-14(9-15)19-23-16(25-28-19)10-21-17(27)11-26-12-22-18(24-26)13-5-2-1-3-6-13/h1-9,12H,10-11H2,(H,21,27). The average molecular weight is 439 g/mol. The monoisotopic (exact) mass is 438 g/mol. The van der Waals surface area contributed by atoms with Gasteiger partial charge in [0, 0.05) is 15.6 Å². The van der Waals surface area contributed by atoms with Crippen molar-refractivity contribution < 1.29 is 9.32 Å². The number of halogens is 1. The van der Waals surface area contributed by atoms with Crippen molar-refractivity contribution in [3.8, 4) is 22.8 Å². The summed E-state index contributed by atoms with van der Waals surface area (Å²) in [6.45, 7) is 0.215. The molecule has 1 amide bonds. The maximum atomic E-state index is 12.2. The second kappa shape index (κ2) is 8.13. The zero-order chi connectivity index (χ0) is 19.3. The molecule has 0 radical (unpaired) electrons. The van der Waals surface area contributed by atoms with Gasteiger partial charge in [0.15, 0.2) is 11.6 Å². The summed E-state index contributed by atoms with van der Waals surface area (Å²) < 4.78 is 7.65. The molecule has 0 aliphatic heterocycles. The predicted molar refractivity (Wildman–Crippen MR) is 105 cm³/mol. The number of carbonyl (C=O) groups excluding carboxylic acids is 1. The molecule has 0 unspecified atom stereocenters. The van der Waals surface area contributed by atoms with E-state index in [1.54, 1.807) is 0 Å². The van der Waals surface area contributed by atoms with Crippen LogP contribution in [0.1, 0.15) is 5.82 Å². The van der Waals surface area contributed by atoms with E-state index in [-0.39, 0.29) is 19.0 Å². The molecule has 0 saturated carbocycles. The highest BCUT2D eigenvalue weighted by atomic mass is 79.9. The van der Waals surface area contributed by atoms with E-state index in [1.165, 1.54) is 11.0 Å². The minimum Gasteiger partial charge on any atom is -0.347 e. The van der Waals surface area contributed by atoms with Gasteiger partial charge < -0.3 is 9.84 Å². The zero-order valence-corrected chi connectivity index (χ0v) is 16.2. The van der Waals surface area contributed by atoms with Crippen LogP contribution in [0, 0.1) is 0 Å². The Hall–Kier alpha value is -3.33. The van der Waals surface area contributed by atoms with Gasteiger partial charge in [0.1, 0.15) is 12.9 Å². The number of benzene rings is 2. The maximum absolute atomic E-state index is 12.2. The minimum atomic E-state index is -0.224. The topological polar surface area (TPSA) is 98.7 Å². The van der Waals surface area contributed by atoms with Crippen molar-refractivity contribution in [3.63, 3.8) is 0 Å². The summed E-state index contributed by atoms with van der Waals surface area (Å²) in [6.07, 6.45) is 1.53. The molecule has 4 aromatic rings. The first-order chi connectivity index (χ1) is 13.7. The third kappa shape index (κ3) is 4.32. The van der Waals surface area contributed by atoms with Gasteiger partial charge in [0.25, 0.3) is 5.89 Å². The highest BCUT2D eigenvalue weighted by Crippen LogP contribution is 2.21. The number of hydrogen-bond acceptors (Lipinski definition) is 6. The summed E-state index contributed by atoms with van der Waals surface area (Å²) in [4.78, 5) is 20.7. The zero-order valence-electron chi connectivity index (χ0n) is 14.6. The van der Waals surface area contributed by atoms with Crippen LogP contribution >= 0.6 is 15.9 Å². The summed E-state index contributed by atoms with van der Waals surface area (Å²) in [5.74, 6) is 1.14. The van der Waals surface area contributed by atoms with Crippen molar-refractivity contribution in [2.45, 2.75) is 13.1 Å². The van der Waals surface area contributed by atoms with Gasteiger partial charge in [-0.15, -0.1) is 0 Å². The predicted octanol–water partition coefficient (Wildman–Crippen LogP) is 3.07. The van der Waals surface area contributed by atoms with Gasteiger partial charge in [0.05, 0.1) is 6.54 Å². The van der Waals surface area contributed by atoms with Crippen molar-refractivity contribution >= 4 is 21.8 Å². The number of carbonyl (C=O) groups is 1. The van der Waals surface area contributed by atoms with E-state index in [9.17, 15) is 4.79 Å². The Morgan fingerprint density at radius 3 is 2.75 bits per heavy atom. The molecule has 0 atom stereocenters. The molecule has 28 heavy (non-hydrogen) atoms. The maximum Gasteiger partial charge on any atom is 0.258 e. The fourth-order valence-corrected chi connectivity index (χ4v) is 2.93. The van der Waals surface area contributed by atoms with Crippen LogP contribution in [0.5, 0.6) is 0 Å². The molecule has 0 saturated heterocycles. The molecule has 4 rings (SSSR count). The number of nitrogens with zero attached hydrogens (tertiary/aromatic N) is 5. The molecule has 8 nitrogen and oxygen atoms in total. The molecule has 0 bridgehead atoms. The molecule has 1 N–H and O–H groups in total. The molecule has 0 spiro atoms. The van der Waals surface area contributed by atoms with E-state index in [0.717, 1.165) is 15.6 Å². The molecule has 2 aromatic carbocycles. The van der Waals surface area contributed by atoms with Crippen LogP contribution in [0.2, 0.25) is 0 Å². The Balaban J connectivity index is 1.33. The number of amides is 1. The molecule has 0 aliphatic carbocycles. The Morgan fingerprint density at radius 1 is 1.11 bits per heavy atom. The lowest BCUT2D eigenvalue weighted by atomic mass is 10.2. The Bertz CT molecular complexity index is 1090. The number of hydrogen-bond donors (Lipinski definition) is 1. The fourth-order valence-electron chi connectivity index (χ4n) is 2.54. The van der Waals surface area contributed by atoms with Crippen molar-refractivity contribution in [1.29, 1.82) is 0 Å². The lowest BCUT2D eigenvalue weighted by molar-refractivity contribution is -0.122. The summed E-state index contributed by atoms with van der Waals surface area (Å²) in [7, 11) is 0. The second-order valence-corrected chi connectivity index (χ2v) is 6.85. The van der Waals surface area contributed by atoms with Crippen molar-refractivity contribution in [2.24, 2.45) is 0 Å². The van der Waals surface area contributed by atoms with Gasteiger partial charge >= 0.3 is 0 Å². The first-order valence-corrected chi connectivity index (χ1v) is 9.27. The van der Waals surface area contributed by atoms with Crippen LogP contribution in [0.15, 0.2) is 69.9 Å². The van der Waals surface area contributed by atoms with Gasteiger partial charge in [-0.1, -0.05) is 57.5 Å². The highest BCUT2D eigenvalue weighted by Gasteiger charge is 2.11. The van der Waals surface area contributed by atoms with E-state index in [1.807, 2.05) is 54.6 Å². The SMILES string of the molecule is O=C(Cn1cnc(-c2ccccc2)n1)NCc1noc(-c2cccc(Br)c2)n1. The van der Waals surface area contributed by atoms with Crippen molar-refractivity contribution in [3.05, 3.63) is 71.2 Å². The number of rotatable bonds is 6. The molecular weight excluding hydrogens is 424 g/mol. The lowest BCUT2D eigenvalue weighted by Crippen LogP contribution is -2.27. The third-order valence-electron chi connectivity index (χ3n) is 3.86. The van der Waals surface area contributed by atoms with E-state index >= 15 is 0 Å². The Morgan fingerprint density at radius 2 is 1.93 bits per heavy atom. The Kier molecular flexibility index (Phi) is 5.24. The summed E-state index contributed by atoms with van der Waals surface area (Å²) in [5, 5.41) is 11.0. The van der Waals surface area contributed by atoms with Crippen molar-refractivity contribution in [1.82, 2.24) is 30.2 Å². The van der Waals surface area contributed by atoms with Crippen LogP contribution in [-0.4, -0.2) is 30.8 Å². The summed E-state index contributed by atoms with van der Waals surface area (Å²) >= 11 is 3.40. The van der Waals surface area contributed by atoms with Crippen LogP contribution in [0.3, 0.4) is 0 Å². The van der Waals surface area contributed by atoms with Gasteiger partial charge in [-0.2, -0.15) is 10.1 Å². The van der Waals surface area contributed by atoms with Crippen LogP contribution < -0.4 is 5.32 Å². The van der Waals surface area contributed by atoms with Gasteiger partial charge in [-0.3, -0.25) is 4.79 Å². The van der Waals surface area contributed by atoms with Crippen LogP contribution in [-0.2, 0) is 17.9 Å². The highest BCUT2D eigenvalue weighted by molar-refractivity contribution is 9.10. The minimum absolute atomic E-state index is 0.0518. The quantitative estimate of drug-likeness (QED) is 0.496. The van der Waals surface area contributed by atoms with E-state index in [0.29, 0.717) is 17.5 Å². The average Bonchev–Trinajstić information content (AvgIpc) is 3.37. The molecule has 0 fully saturated rings. The van der Waals surface area contributed by atoms with Gasteiger partial charge in [-0.05, 0) is 18.2 Å². The van der Waals surface area contributed by atoms with E-state index in [2.05, 4.69) is 41.5 Å². The van der Waals surface area contributed by atoms with E-state index < -0.39 is 0 Å². The molecule has 9 heteroatoms. The van der Waals surface area contributed by atoms with Gasteiger partial charge in [0.2, 0.25) is 5.91 Å². The fraction of sp³-hybridized carbons (Fsp3) is 0.105. The third-order valence-corrected chi connectivity index (χ3v) is 4.35. The summed E-state index contributed by atoms with van der Waals surface area (Å²) in [6, 6.07) is 17.1. The first kappa shape index (κ1) is 18.1. The van der Waals surface area contributed by atoms with Gasteiger partial charge in [-0.25, -0.2) is 9.67 Å². The molecular formula is C19H15BrN6O2. The van der Waals surface area contributed by atoms with Crippen LogP contribution in [0.25, 0.3) is 22.8 Å². The normalized spacial score (nSPS) is 10.8.